The average Bonchev–Trinajstić information content (AvgIpc) is 2.90. The number of nitro groups is 1. The van der Waals surface area contributed by atoms with Gasteiger partial charge in [0.15, 0.2) is 4.80 Å². The lowest BCUT2D eigenvalue weighted by Crippen LogP contribution is -2.16. The van der Waals surface area contributed by atoms with Gasteiger partial charge in [0, 0.05) is 17.6 Å². The van der Waals surface area contributed by atoms with Crippen LogP contribution in [0.1, 0.15) is 22.8 Å². The van der Waals surface area contributed by atoms with Crippen molar-refractivity contribution < 1.29 is 9.72 Å². The fourth-order valence-electron chi connectivity index (χ4n) is 2.56. The van der Waals surface area contributed by atoms with E-state index in [1.54, 1.807) is 0 Å². The predicted octanol–water partition coefficient (Wildman–Crippen LogP) is 4.33. The fourth-order valence-corrected chi connectivity index (χ4v) is 3.92. The lowest BCUT2D eigenvalue weighted by atomic mass is 10.2. The van der Waals surface area contributed by atoms with Crippen molar-refractivity contribution in [2.75, 3.05) is 0 Å². The summed E-state index contributed by atoms with van der Waals surface area (Å²) in [5.74, 6) is -0.681. The van der Waals surface area contributed by atoms with Gasteiger partial charge >= 0.3 is 0 Å². The van der Waals surface area contributed by atoms with Gasteiger partial charge in [0.2, 0.25) is 0 Å². The highest BCUT2D eigenvalue weighted by Crippen LogP contribution is 2.24. The standard InChI is InChI=1S/C17H14ClN3O3S/c1-3-20-14-6-4-10(2)8-15(14)25-17(20)19-16(22)12-9-11(18)5-7-13(12)21(23)24/h4-9H,3H2,1-2H3. The molecule has 3 rings (SSSR count). The van der Waals surface area contributed by atoms with Crippen LogP contribution in [0.2, 0.25) is 5.02 Å². The summed E-state index contributed by atoms with van der Waals surface area (Å²) in [7, 11) is 0. The van der Waals surface area contributed by atoms with Crippen LogP contribution >= 0.6 is 22.9 Å². The fraction of sp³-hybridized carbons (Fsp3) is 0.176. The first-order valence-corrected chi connectivity index (χ1v) is 8.73. The number of hydrogen-bond acceptors (Lipinski definition) is 4. The number of nitrogens with zero attached hydrogens (tertiary/aromatic N) is 3. The molecule has 0 bridgehead atoms. The van der Waals surface area contributed by atoms with Crippen LogP contribution in [0.25, 0.3) is 10.2 Å². The Bertz CT molecular complexity index is 1070. The molecule has 0 aliphatic carbocycles. The van der Waals surface area contributed by atoms with E-state index in [1.807, 2.05) is 36.6 Å². The Morgan fingerprint density at radius 2 is 2.08 bits per heavy atom. The molecule has 0 aliphatic heterocycles. The van der Waals surface area contributed by atoms with E-state index < -0.39 is 10.8 Å². The number of thiazole rings is 1. The zero-order chi connectivity index (χ0) is 18.1. The van der Waals surface area contributed by atoms with E-state index in [2.05, 4.69) is 4.99 Å². The maximum atomic E-state index is 12.6. The van der Waals surface area contributed by atoms with Crippen LogP contribution < -0.4 is 4.80 Å². The molecule has 1 amide bonds. The number of rotatable bonds is 3. The number of carbonyl (C=O) groups excluding carboxylic acids is 1. The van der Waals surface area contributed by atoms with Gasteiger partial charge in [0.1, 0.15) is 5.56 Å². The van der Waals surface area contributed by atoms with E-state index in [0.717, 1.165) is 15.8 Å². The van der Waals surface area contributed by atoms with E-state index in [0.29, 0.717) is 11.3 Å². The minimum absolute atomic E-state index is 0.117. The second-order valence-electron chi connectivity index (χ2n) is 5.44. The topological polar surface area (TPSA) is 77.5 Å². The van der Waals surface area contributed by atoms with Crippen LogP contribution in [0.5, 0.6) is 0 Å². The lowest BCUT2D eigenvalue weighted by molar-refractivity contribution is -0.385. The number of aryl methyl sites for hydroxylation is 2. The molecule has 6 nitrogen and oxygen atoms in total. The molecule has 0 fully saturated rings. The van der Waals surface area contributed by atoms with Crippen molar-refractivity contribution in [3.05, 3.63) is 67.5 Å². The number of amides is 1. The Labute approximate surface area is 152 Å². The molecule has 2 aromatic carbocycles. The summed E-state index contributed by atoms with van der Waals surface area (Å²) < 4.78 is 2.92. The number of halogens is 1. The molecule has 0 radical (unpaired) electrons. The zero-order valence-electron chi connectivity index (χ0n) is 13.5. The highest BCUT2D eigenvalue weighted by Gasteiger charge is 2.20. The highest BCUT2D eigenvalue weighted by molar-refractivity contribution is 7.16. The molecule has 0 spiro atoms. The van der Waals surface area contributed by atoms with Crippen LogP contribution in [0.15, 0.2) is 41.4 Å². The van der Waals surface area contributed by atoms with Crippen molar-refractivity contribution in [2.45, 2.75) is 20.4 Å². The molecule has 25 heavy (non-hydrogen) atoms. The Morgan fingerprint density at radius 1 is 1.32 bits per heavy atom. The normalized spacial score (nSPS) is 11.9. The van der Waals surface area contributed by atoms with Crippen molar-refractivity contribution in [3.63, 3.8) is 0 Å². The SMILES string of the molecule is CCn1c(=NC(=O)c2cc(Cl)ccc2[N+](=O)[O-])sc2cc(C)ccc21. The molecular formula is C17H14ClN3O3S. The number of carbonyl (C=O) groups is 1. The van der Waals surface area contributed by atoms with Gasteiger partial charge in [-0.25, -0.2) is 0 Å². The van der Waals surface area contributed by atoms with E-state index in [1.165, 1.54) is 29.5 Å². The Hall–Kier alpha value is -2.51. The summed E-state index contributed by atoms with van der Waals surface area (Å²) in [5, 5.41) is 11.4. The minimum atomic E-state index is -0.681. The molecule has 128 valence electrons. The average molecular weight is 376 g/mol. The maximum Gasteiger partial charge on any atom is 0.286 e. The van der Waals surface area contributed by atoms with E-state index in [-0.39, 0.29) is 16.3 Å². The van der Waals surface area contributed by atoms with Crippen LogP contribution in [0.4, 0.5) is 5.69 Å². The molecule has 8 heteroatoms. The molecule has 0 atom stereocenters. The van der Waals surface area contributed by atoms with Crippen LogP contribution in [-0.4, -0.2) is 15.4 Å². The molecule has 0 saturated carbocycles. The second kappa shape index (κ2) is 6.78. The molecule has 0 unspecified atom stereocenters. The second-order valence-corrected chi connectivity index (χ2v) is 6.88. The summed E-state index contributed by atoms with van der Waals surface area (Å²) in [6, 6.07) is 9.87. The molecular weight excluding hydrogens is 362 g/mol. The number of nitro benzene ring substituents is 1. The molecule has 0 saturated heterocycles. The Kier molecular flexibility index (Phi) is 4.69. The van der Waals surface area contributed by atoms with Crippen molar-refractivity contribution in [3.8, 4) is 0 Å². The molecule has 0 N–H and O–H groups in total. The number of fused-ring (bicyclic) bond motifs is 1. The first kappa shape index (κ1) is 17.3. The van der Waals surface area contributed by atoms with Crippen LogP contribution in [-0.2, 0) is 6.54 Å². The Balaban J connectivity index is 2.19. The maximum absolute atomic E-state index is 12.6. The van der Waals surface area contributed by atoms with Crippen LogP contribution in [0, 0.1) is 17.0 Å². The monoisotopic (exact) mass is 375 g/mol. The van der Waals surface area contributed by atoms with Gasteiger partial charge in [-0.15, -0.1) is 0 Å². The number of hydrogen-bond donors (Lipinski definition) is 0. The largest absolute Gasteiger partial charge is 0.317 e. The van der Waals surface area contributed by atoms with Gasteiger partial charge < -0.3 is 4.57 Å². The Morgan fingerprint density at radius 3 is 2.76 bits per heavy atom. The molecule has 3 aromatic rings. The molecule has 1 aromatic heterocycles. The third-order valence-corrected chi connectivity index (χ3v) is 5.01. The smallest absolute Gasteiger partial charge is 0.286 e. The molecule has 0 aliphatic rings. The van der Waals surface area contributed by atoms with Crippen molar-refractivity contribution in [1.29, 1.82) is 0 Å². The lowest BCUT2D eigenvalue weighted by Gasteiger charge is -2.01. The van der Waals surface area contributed by atoms with Gasteiger partial charge in [-0.2, -0.15) is 4.99 Å². The van der Waals surface area contributed by atoms with Gasteiger partial charge in [0.25, 0.3) is 11.6 Å². The molecule has 1 heterocycles. The van der Waals surface area contributed by atoms with Gasteiger partial charge in [-0.05, 0) is 43.7 Å². The quantitative estimate of drug-likeness (QED) is 0.504. The van der Waals surface area contributed by atoms with E-state index in [9.17, 15) is 14.9 Å². The number of benzene rings is 2. The van der Waals surface area contributed by atoms with Crippen LogP contribution in [0.3, 0.4) is 0 Å². The van der Waals surface area contributed by atoms with Crippen molar-refractivity contribution in [2.24, 2.45) is 4.99 Å². The zero-order valence-corrected chi connectivity index (χ0v) is 15.1. The third-order valence-electron chi connectivity index (χ3n) is 3.74. The summed E-state index contributed by atoms with van der Waals surface area (Å²) in [6.07, 6.45) is 0. The highest BCUT2D eigenvalue weighted by atomic mass is 35.5. The summed E-state index contributed by atoms with van der Waals surface area (Å²) >= 11 is 7.27. The van der Waals surface area contributed by atoms with E-state index in [4.69, 9.17) is 11.6 Å². The first-order valence-electron chi connectivity index (χ1n) is 7.53. The summed E-state index contributed by atoms with van der Waals surface area (Å²) in [4.78, 5) is 27.7. The van der Waals surface area contributed by atoms with Gasteiger partial charge in [0.05, 0.1) is 15.1 Å². The van der Waals surface area contributed by atoms with Crippen molar-refractivity contribution in [1.82, 2.24) is 4.57 Å². The van der Waals surface area contributed by atoms with E-state index >= 15 is 0 Å². The summed E-state index contributed by atoms with van der Waals surface area (Å²) in [5.41, 5.74) is 1.66. The predicted molar refractivity (Wildman–Crippen MR) is 98.2 cm³/mol. The van der Waals surface area contributed by atoms with Crippen molar-refractivity contribution >= 4 is 44.7 Å². The summed E-state index contributed by atoms with van der Waals surface area (Å²) in [6.45, 7) is 4.58. The first-order chi connectivity index (χ1) is 11.9. The van der Waals surface area contributed by atoms with Gasteiger partial charge in [-0.1, -0.05) is 29.0 Å². The minimum Gasteiger partial charge on any atom is -0.317 e. The third kappa shape index (κ3) is 3.33. The number of aromatic nitrogens is 1. The van der Waals surface area contributed by atoms with Gasteiger partial charge in [-0.3, -0.25) is 14.9 Å².